The maximum atomic E-state index is 2.50. The number of hydrogen-bond acceptors (Lipinski definition) is 0. The summed E-state index contributed by atoms with van der Waals surface area (Å²) in [6, 6.07) is 54.7. The lowest BCUT2D eigenvalue weighted by Crippen LogP contribution is -2.26. The van der Waals surface area contributed by atoms with Gasteiger partial charge in [-0.15, -0.1) is 0 Å². The van der Waals surface area contributed by atoms with E-state index in [1.807, 2.05) is 0 Å². The van der Waals surface area contributed by atoms with Gasteiger partial charge in [-0.3, -0.25) is 0 Å². The van der Waals surface area contributed by atoms with Crippen LogP contribution in [0, 0.1) is 0 Å². The van der Waals surface area contributed by atoms with Crippen LogP contribution < -0.4 is 0 Å². The van der Waals surface area contributed by atoms with Crippen LogP contribution in [0.1, 0.15) is 49.9 Å². The monoisotopic (exact) mass is 640 g/mol. The van der Waals surface area contributed by atoms with Crippen molar-refractivity contribution in [2.45, 2.75) is 38.5 Å². The fourth-order valence-electron chi connectivity index (χ4n) is 9.59. The first kappa shape index (κ1) is 28.0. The van der Waals surface area contributed by atoms with Gasteiger partial charge in [0, 0.05) is 38.1 Å². The Hall–Kier alpha value is -5.86. The second-order valence-corrected chi connectivity index (χ2v) is 15.4. The van der Waals surface area contributed by atoms with E-state index in [0.717, 1.165) is 0 Å². The van der Waals surface area contributed by atoms with Crippen LogP contribution >= 0.6 is 0 Å². The third-order valence-electron chi connectivity index (χ3n) is 12.1. The molecule has 0 saturated heterocycles. The van der Waals surface area contributed by atoms with Crippen LogP contribution in [0.3, 0.4) is 0 Å². The van der Waals surface area contributed by atoms with Gasteiger partial charge < -0.3 is 9.13 Å². The first-order valence-electron chi connectivity index (χ1n) is 17.8. The maximum Gasteiger partial charge on any atom is 0.0582 e. The van der Waals surface area contributed by atoms with Crippen molar-refractivity contribution in [3.63, 3.8) is 0 Å². The molecule has 0 unspecified atom stereocenters. The van der Waals surface area contributed by atoms with E-state index >= 15 is 0 Å². The summed E-state index contributed by atoms with van der Waals surface area (Å²) in [4.78, 5) is 0. The van der Waals surface area contributed by atoms with Gasteiger partial charge in [-0.2, -0.15) is 0 Å². The van der Waals surface area contributed by atoms with Crippen molar-refractivity contribution in [1.29, 1.82) is 0 Å². The lowest BCUT2D eigenvalue weighted by atomic mass is 9.75. The van der Waals surface area contributed by atoms with Crippen LogP contribution in [0.5, 0.6) is 0 Å². The molecule has 0 fully saturated rings. The fraction of sp³-hybridized carbons (Fsp3) is 0.125. The van der Waals surface area contributed by atoms with E-state index in [0.29, 0.717) is 0 Å². The van der Waals surface area contributed by atoms with Crippen molar-refractivity contribution in [3.05, 3.63) is 168 Å². The Balaban J connectivity index is 1.17. The average Bonchev–Trinajstić information content (AvgIpc) is 3.73. The molecule has 0 atom stereocenters. The van der Waals surface area contributed by atoms with Gasteiger partial charge in [-0.1, -0.05) is 119 Å². The van der Waals surface area contributed by atoms with Crippen LogP contribution in [0.25, 0.3) is 77.2 Å². The fourth-order valence-corrected chi connectivity index (χ4v) is 9.59. The molecule has 7 aromatic carbocycles. The van der Waals surface area contributed by atoms with Gasteiger partial charge in [0.15, 0.2) is 0 Å². The average molecular weight is 641 g/mol. The number of fused-ring (bicyclic) bond motifs is 11. The number of rotatable bonds is 2. The SMILES string of the molecule is CC1(C)c2ccccc2-c2cc3c4cc(-c5ccc6c(c5)c5cccc7c5n6-c5ccccc5C7(C)C)ccc4n(-c4ccccc4)c3cc21. The second kappa shape index (κ2) is 9.43. The molecule has 0 bridgehead atoms. The standard InChI is InChI=1S/C48H36N2/c1-47(2)38-17-9-8-15-32(38)34-27-37-36-26-30(21-23-42(36)49(45(37)28-41(34)47)31-13-6-5-7-14-31)29-22-24-43-35(25-29)33-16-12-19-40-46(33)50(43)44-20-11-10-18-39(44)48(40,3)4/h5-28H,1-4H3. The van der Waals surface area contributed by atoms with E-state index in [9.17, 15) is 0 Å². The normalized spacial score (nSPS) is 15.1. The zero-order chi connectivity index (χ0) is 33.5. The molecular weight excluding hydrogens is 605 g/mol. The van der Waals surface area contributed by atoms with Gasteiger partial charge in [0.25, 0.3) is 0 Å². The largest absolute Gasteiger partial charge is 0.309 e. The number of aromatic nitrogens is 2. The van der Waals surface area contributed by atoms with Gasteiger partial charge in [-0.25, -0.2) is 0 Å². The topological polar surface area (TPSA) is 9.86 Å². The predicted octanol–water partition coefficient (Wildman–Crippen LogP) is 12.5. The summed E-state index contributed by atoms with van der Waals surface area (Å²) < 4.78 is 4.96. The van der Waals surface area contributed by atoms with Gasteiger partial charge in [-0.05, 0) is 99.1 Å². The van der Waals surface area contributed by atoms with Gasteiger partial charge in [0.2, 0.25) is 0 Å². The zero-order valence-electron chi connectivity index (χ0n) is 28.8. The highest BCUT2D eigenvalue weighted by atomic mass is 15.0. The summed E-state index contributed by atoms with van der Waals surface area (Å²) in [6.07, 6.45) is 0. The summed E-state index contributed by atoms with van der Waals surface area (Å²) >= 11 is 0. The van der Waals surface area contributed by atoms with E-state index < -0.39 is 0 Å². The van der Waals surface area contributed by atoms with E-state index in [-0.39, 0.29) is 10.8 Å². The van der Waals surface area contributed by atoms with Crippen molar-refractivity contribution >= 4 is 43.6 Å². The molecule has 2 heteroatoms. The minimum absolute atomic E-state index is 0.0606. The molecule has 9 aromatic rings. The highest BCUT2D eigenvalue weighted by Gasteiger charge is 2.37. The Morgan fingerprint density at radius 2 is 0.980 bits per heavy atom. The number of benzene rings is 7. The van der Waals surface area contributed by atoms with Crippen molar-refractivity contribution in [2.24, 2.45) is 0 Å². The molecule has 0 radical (unpaired) electrons. The number of hydrogen-bond donors (Lipinski definition) is 0. The number of nitrogens with zero attached hydrogens (tertiary/aromatic N) is 2. The highest BCUT2D eigenvalue weighted by molar-refractivity contribution is 6.15. The van der Waals surface area contributed by atoms with Crippen molar-refractivity contribution < 1.29 is 0 Å². The molecule has 0 N–H and O–H groups in total. The van der Waals surface area contributed by atoms with Crippen LogP contribution in [-0.4, -0.2) is 9.13 Å². The molecule has 2 aromatic heterocycles. The third kappa shape index (κ3) is 3.43. The predicted molar refractivity (Wildman–Crippen MR) is 210 cm³/mol. The Morgan fingerprint density at radius 3 is 1.76 bits per heavy atom. The molecule has 50 heavy (non-hydrogen) atoms. The smallest absolute Gasteiger partial charge is 0.0582 e. The molecule has 11 rings (SSSR count). The molecule has 0 amide bonds. The number of para-hydroxylation sites is 3. The van der Waals surface area contributed by atoms with E-state index in [4.69, 9.17) is 0 Å². The molecule has 3 heterocycles. The van der Waals surface area contributed by atoms with E-state index in [1.165, 1.54) is 99.5 Å². The Bertz CT molecular complexity index is 2910. The summed E-state index contributed by atoms with van der Waals surface area (Å²) in [5, 5.41) is 5.20. The summed E-state index contributed by atoms with van der Waals surface area (Å²) in [6.45, 7) is 9.47. The van der Waals surface area contributed by atoms with Crippen molar-refractivity contribution in [1.82, 2.24) is 9.13 Å². The van der Waals surface area contributed by atoms with Gasteiger partial charge in [0.1, 0.15) is 0 Å². The molecule has 238 valence electrons. The minimum Gasteiger partial charge on any atom is -0.309 e. The van der Waals surface area contributed by atoms with Gasteiger partial charge in [0.05, 0.1) is 27.8 Å². The molecular formula is C48H36N2. The third-order valence-corrected chi connectivity index (χ3v) is 12.1. The minimum atomic E-state index is -0.0722. The lowest BCUT2D eigenvalue weighted by molar-refractivity contribution is 0.630. The molecule has 0 spiro atoms. The van der Waals surface area contributed by atoms with Crippen LogP contribution in [0.15, 0.2) is 146 Å². The molecule has 1 aliphatic heterocycles. The first-order valence-corrected chi connectivity index (χ1v) is 17.8. The van der Waals surface area contributed by atoms with Crippen LogP contribution in [-0.2, 0) is 10.8 Å². The first-order chi connectivity index (χ1) is 24.3. The van der Waals surface area contributed by atoms with Crippen LogP contribution in [0.2, 0.25) is 0 Å². The molecule has 0 saturated carbocycles. The summed E-state index contributed by atoms with van der Waals surface area (Å²) in [5.74, 6) is 0. The lowest BCUT2D eigenvalue weighted by Gasteiger charge is -2.34. The summed E-state index contributed by atoms with van der Waals surface area (Å²) in [5.41, 5.74) is 18.2. The van der Waals surface area contributed by atoms with E-state index in [1.54, 1.807) is 0 Å². The zero-order valence-corrected chi connectivity index (χ0v) is 28.8. The molecule has 2 aliphatic rings. The summed E-state index contributed by atoms with van der Waals surface area (Å²) in [7, 11) is 0. The molecule has 1 aliphatic carbocycles. The second-order valence-electron chi connectivity index (χ2n) is 15.4. The maximum absolute atomic E-state index is 2.50. The van der Waals surface area contributed by atoms with E-state index in [2.05, 4.69) is 182 Å². The quantitative estimate of drug-likeness (QED) is 0.178. The van der Waals surface area contributed by atoms with Crippen molar-refractivity contribution in [3.8, 4) is 33.6 Å². The van der Waals surface area contributed by atoms with Gasteiger partial charge >= 0.3 is 0 Å². The Kier molecular flexibility index (Phi) is 5.28. The Morgan fingerprint density at radius 1 is 0.380 bits per heavy atom. The highest BCUT2D eigenvalue weighted by Crippen LogP contribution is 2.52. The van der Waals surface area contributed by atoms with Crippen molar-refractivity contribution in [2.75, 3.05) is 0 Å². The molecule has 2 nitrogen and oxygen atoms in total. The van der Waals surface area contributed by atoms with Crippen LogP contribution in [0.4, 0.5) is 0 Å². The Labute approximate surface area is 291 Å².